The molecule has 0 aliphatic carbocycles. The van der Waals surface area contributed by atoms with Crippen LogP contribution in [0.4, 0.5) is 0 Å². The molecule has 1 atom stereocenters. The summed E-state index contributed by atoms with van der Waals surface area (Å²) < 4.78 is 0. The average molecular weight is 248 g/mol. The topological polar surface area (TPSA) is 52.9 Å². The van der Waals surface area contributed by atoms with E-state index in [4.69, 9.17) is 5.26 Å². The Labute approximate surface area is 106 Å². The van der Waals surface area contributed by atoms with Gasteiger partial charge in [-0.25, -0.2) is 0 Å². The van der Waals surface area contributed by atoms with Crippen molar-refractivity contribution >= 4 is 17.7 Å². The molecule has 1 unspecified atom stereocenters. The van der Waals surface area contributed by atoms with E-state index in [1.807, 2.05) is 19.2 Å². The molecule has 0 heterocycles. The molecule has 0 bridgehead atoms. The van der Waals surface area contributed by atoms with E-state index >= 15 is 0 Å². The number of nitriles is 1. The number of nitrogens with zero attached hydrogens (tertiary/aromatic N) is 1. The number of nitrogens with one attached hydrogen (secondary N) is 1. The van der Waals surface area contributed by atoms with Crippen LogP contribution in [0.2, 0.25) is 0 Å². The monoisotopic (exact) mass is 248 g/mol. The summed E-state index contributed by atoms with van der Waals surface area (Å²) in [6.07, 6.45) is 3.00. The van der Waals surface area contributed by atoms with Crippen molar-refractivity contribution in [1.82, 2.24) is 5.32 Å². The van der Waals surface area contributed by atoms with Crippen molar-refractivity contribution < 1.29 is 4.79 Å². The predicted octanol–water partition coefficient (Wildman–Crippen LogP) is 2.43. The van der Waals surface area contributed by atoms with E-state index in [-0.39, 0.29) is 11.9 Å². The fourth-order valence-electron chi connectivity index (χ4n) is 1.40. The van der Waals surface area contributed by atoms with E-state index in [0.29, 0.717) is 11.1 Å². The summed E-state index contributed by atoms with van der Waals surface area (Å²) in [6, 6.07) is 8.92. The minimum Gasteiger partial charge on any atom is -0.350 e. The van der Waals surface area contributed by atoms with Gasteiger partial charge in [-0.05, 0) is 43.6 Å². The van der Waals surface area contributed by atoms with Gasteiger partial charge in [0.1, 0.15) is 0 Å². The van der Waals surface area contributed by atoms with Crippen LogP contribution in [0.25, 0.3) is 0 Å². The molecule has 1 rings (SSSR count). The van der Waals surface area contributed by atoms with Gasteiger partial charge in [0.2, 0.25) is 0 Å². The molecule has 0 radical (unpaired) electrons. The van der Waals surface area contributed by atoms with Gasteiger partial charge in [-0.2, -0.15) is 17.0 Å². The second kappa shape index (κ2) is 6.97. The molecule has 1 N–H and O–H groups in total. The van der Waals surface area contributed by atoms with Gasteiger partial charge in [0.05, 0.1) is 11.6 Å². The zero-order valence-electron chi connectivity index (χ0n) is 10.1. The Balaban J connectivity index is 2.60. The van der Waals surface area contributed by atoms with Gasteiger partial charge in [0.25, 0.3) is 5.91 Å². The van der Waals surface area contributed by atoms with Gasteiger partial charge in [0, 0.05) is 11.6 Å². The lowest BCUT2D eigenvalue weighted by molar-refractivity contribution is 0.0939. The minimum atomic E-state index is -0.115. The third-order valence-corrected chi connectivity index (χ3v) is 3.03. The molecule has 90 valence electrons. The molecule has 0 saturated carbocycles. The van der Waals surface area contributed by atoms with E-state index in [9.17, 15) is 4.79 Å². The van der Waals surface area contributed by atoms with Gasteiger partial charge in [-0.1, -0.05) is 6.07 Å². The Bertz CT molecular complexity index is 426. The Morgan fingerprint density at radius 1 is 1.59 bits per heavy atom. The maximum Gasteiger partial charge on any atom is 0.251 e. The van der Waals surface area contributed by atoms with Gasteiger partial charge in [-0.3, -0.25) is 4.79 Å². The average Bonchev–Trinajstić information content (AvgIpc) is 2.36. The number of carbonyl (C=O) groups is 1. The van der Waals surface area contributed by atoms with Crippen molar-refractivity contribution in [2.24, 2.45) is 0 Å². The van der Waals surface area contributed by atoms with Crippen molar-refractivity contribution in [2.45, 2.75) is 19.4 Å². The Kier molecular flexibility index (Phi) is 5.58. The lowest BCUT2D eigenvalue weighted by Gasteiger charge is -2.13. The maximum atomic E-state index is 11.9. The predicted molar refractivity (Wildman–Crippen MR) is 71.1 cm³/mol. The number of thioether (sulfide) groups is 1. The highest BCUT2D eigenvalue weighted by Gasteiger charge is 2.09. The highest BCUT2D eigenvalue weighted by atomic mass is 32.2. The van der Waals surface area contributed by atoms with E-state index in [2.05, 4.69) is 5.32 Å². The quantitative estimate of drug-likeness (QED) is 0.870. The summed E-state index contributed by atoms with van der Waals surface area (Å²) in [5, 5.41) is 11.7. The molecule has 0 aliphatic rings. The summed E-state index contributed by atoms with van der Waals surface area (Å²) in [7, 11) is 0. The summed E-state index contributed by atoms with van der Waals surface area (Å²) in [6.45, 7) is 1.99. The summed E-state index contributed by atoms with van der Waals surface area (Å²) in [5.74, 6) is 0.912. The largest absolute Gasteiger partial charge is 0.350 e. The molecule has 0 spiro atoms. The zero-order chi connectivity index (χ0) is 12.7. The summed E-state index contributed by atoms with van der Waals surface area (Å²) in [4.78, 5) is 11.9. The second-order valence-corrected chi connectivity index (χ2v) is 4.83. The fraction of sp³-hybridized carbons (Fsp3) is 0.385. The second-order valence-electron chi connectivity index (χ2n) is 3.85. The smallest absolute Gasteiger partial charge is 0.251 e. The first-order valence-electron chi connectivity index (χ1n) is 5.47. The highest BCUT2D eigenvalue weighted by molar-refractivity contribution is 7.98. The molecule has 1 aromatic rings. The first-order valence-corrected chi connectivity index (χ1v) is 6.86. The number of rotatable bonds is 5. The maximum absolute atomic E-state index is 11.9. The van der Waals surface area contributed by atoms with Crippen molar-refractivity contribution in [2.75, 3.05) is 12.0 Å². The number of amides is 1. The number of benzene rings is 1. The molecule has 4 heteroatoms. The van der Waals surface area contributed by atoms with Crippen LogP contribution in [-0.4, -0.2) is 24.0 Å². The fourth-order valence-corrected chi connectivity index (χ4v) is 1.99. The first-order chi connectivity index (χ1) is 8.17. The van der Waals surface area contributed by atoms with Crippen LogP contribution >= 0.6 is 11.8 Å². The number of hydrogen-bond donors (Lipinski definition) is 1. The Hall–Kier alpha value is -1.47. The third-order valence-electron chi connectivity index (χ3n) is 2.39. The van der Waals surface area contributed by atoms with Gasteiger partial charge < -0.3 is 5.32 Å². The Morgan fingerprint density at radius 2 is 2.35 bits per heavy atom. The van der Waals surface area contributed by atoms with Crippen LogP contribution in [0.3, 0.4) is 0 Å². The molecule has 1 amide bonds. The van der Waals surface area contributed by atoms with Crippen molar-refractivity contribution in [3.8, 4) is 6.07 Å². The van der Waals surface area contributed by atoms with Crippen LogP contribution in [0.15, 0.2) is 24.3 Å². The lowest BCUT2D eigenvalue weighted by Crippen LogP contribution is -2.32. The molecule has 0 aromatic heterocycles. The van der Waals surface area contributed by atoms with Gasteiger partial charge in [0.15, 0.2) is 0 Å². The molecule has 0 aliphatic heterocycles. The van der Waals surface area contributed by atoms with Gasteiger partial charge in [-0.15, -0.1) is 0 Å². The molecule has 1 aromatic carbocycles. The molecule has 0 saturated heterocycles. The van der Waals surface area contributed by atoms with E-state index in [1.54, 1.807) is 36.0 Å². The first kappa shape index (κ1) is 13.6. The summed E-state index contributed by atoms with van der Waals surface area (Å²) in [5.41, 5.74) is 1.05. The Morgan fingerprint density at radius 3 is 3.00 bits per heavy atom. The van der Waals surface area contributed by atoms with Crippen molar-refractivity contribution in [3.63, 3.8) is 0 Å². The summed E-state index contributed by atoms with van der Waals surface area (Å²) >= 11 is 1.76. The van der Waals surface area contributed by atoms with Crippen molar-refractivity contribution in [3.05, 3.63) is 35.4 Å². The van der Waals surface area contributed by atoms with Gasteiger partial charge >= 0.3 is 0 Å². The highest BCUT2D eigenvalue weighted by Crippen LogP contribution is 2.06. The standard InChI is InChI=1S/C13H16N2OS/c1-10(6-7-17-2)15-13(16)12-5-3-4-11(8-12)9-14/h3-5,8,10H,6-7H2,1-2H3,(H,15,16). The normalized spacial score (nSPS) is 11.6. The van der Waals surface area contributed by atoms with Crippen LogP contribution in [0.5, 0.6) is 0 Å². The van der Waals surface area contributed by atoms with Crippen LogP contribution in [0.1, 0.15) is 29.3 Å². The lowest BCUT2D eigenvalue weighted by atomic mass is 10.1. The zero-order valence-corrected chi connectivity index (χ0v) is 10.9. The minimum absolute atomic E-state index is 0.115. The van der Waals surface area contributed by atoms with Crippen LogP contribution in [0, 0.1) is 11.3 Å². The SMILES string of the molecule is CSCCC(C)NC(=O)c1cccc(C#N)c1. The molecule has 3 nitrogen and oxygen atoms in total. The van der Waals surface area contributed by atoms with E-state index in [0.717, 1.165) is 12.2 Å². The molecule has 17 heavy (non-hydrogen) atoms. The van der Waals surface area contributed by atoms with Crippen LogP contribution in [-0.2, 0) is 0 Å². The third kappa shape index (κ3) is 4.49. The number of hydrogen-bond acceptors (Lipinski definition) is 3. The number of carbonyl (C=O) groups excluding carboxylic acids is 1. The molecular weight excluding hydrogens is 232 g/mol. The van der Waals surface area contributed by atoms with Crippen molar-refractivity contribution in [1.29, 1.82) is 5.26 Å². The van der Waals surface area contributed by atoms with E-state index < -0.39 is 0 Å². The van der Waals surface area contributed by atoms with Crippen LogP contribution < -0.4 is 5.32 Å². The molecule has 0 fully saturated rings. The molecular formula is C13H16N2OS. The van der Waals surface area contributed by atoms with E-state index in [1.165, 1.54) is 0 Å².